The predicted molar refractivity (Wildman–Crippen MR) is 70.4 cm³/mol. The zero-order chi connectivity index (χ0) is 17.6. The Labute approximate surface area is 126 Å². The number of nitrogens with zero attached hydrogens (tertiary/aromatic N) is 2. The summed E-state index contributed by atoms with van der Waals surface area (Å²) in [5.41, 5.74) is 1.96. The molecule has 2 aromatic rings. The fraction of sp³-hybridized carbons (Fsp3) is 0.286. The molecule has 4 nitrogen and oxygen atoms in total. The average molecular weight is 331 g/mol. The number of rotatable bonds is 3. The number of halogens is 5. The summed E-state index contributed by atoms with van der Waals surface area (Å²) >= 11 is 0. The Hall–Kier alpha value is -2.63. The molecule has 0 aliphatic rings. The molecule has 23 heavy (non-hydrogen) atoms. The van der Waals surface area contributed by atoms with E-state index >= 15 is 0 Å². The van der Waals surface area contributed by atoms with Crippen LogP contribution in [0.2, 0.25) is 0 Å². The molecule has 2 N–H and O–H groups in total. The van der Waals surface area contributed by atoms with Gasteiger partial charge in [-0.3, -0.25) is 4.79 Å². The fourth-order valence-electron chi connectivity index (χ4n) is 2.42. The van der Waals surface area contributed by atoms with Gasteiger partial charge < -0.3 is 10.3 Å². The van der Waals surface area contributed by atoms with E-state index in [1.165, 1.54) is 6.07 Å². The van der Waals surface area contributed by atoms with Crippen LogP contribution in [-0.4, -0.2) is 10.5 Å². The van der Waals surface area contributed by atoms with Crippen LogP contribution < -0.4 is 5.73 Å². The number of alkyl halides is 5. The van der Waals surface area contributed by atoms with Crippen molar-refractivity contribution in [2.45, 2.75) is 25.6 Å². The van der Waals surface area contributed by atoms with Crippen LogP contribution in [0.25, 0.3) is 10.9 Å². The Balaban J connectivity index is 2.95. The summed E-state index contributed by atoms with van der Waals surface area (Å²) in [6, 6.07) is 3.99. The maximum absolute atomic E-state index is 13.7. The van der Waals surface area contributed by atoms with Gasteiger partial charge in [-0.15, -0.1) is 0 Å². The number of primary amides is 1. The molecule has 122 valence electrons. The van der Waals surface area contributed by atoms with Crippen molar-refractivity contribution < 1.29 is 26.7 Å². The number of carbonyl (C=O) groups is 1. The highest BCUT2D eigenvalue weighted by Crippen LogP contribution is 2.41. The minimum atomic E-state index is -4.91. The molecule has 1 aromatic heterocycles. The smallest absolute Gasteiger partial charge is 0.368 e. The van der Waals surface area contributed by atoms with Gasteiger partial charge in [0.25, 0.3) is 5.92 Å². The number of carbonyl (C=O) groups excluding carboxylic acids is 1. The highest BCUT2D eigenvalue weighted by atomic mass is 19.4. The number of hydrogen-bond acceptors (Lipinski definition) is 2. The number of fused-ring (bicyclic) bond motifs is 1. The summed E-state index contributed by atoms with van der Waals surface area (Å²) < 4.78 is 67.8. The average Bonchev–Trinajstić information content (AvgIpc) is 2.74. The third kappa shape index (κ3) is 2.97. The highest BCUT2D eigenvalue weighted by Gasteiger charge is 2.38. The van der Waals surface area contributed by atoms with Crippen molar-refractivity contribution in [3.8, 4) is 6.07 Å². The van der Waals surface area contributed by atoms with Crippen LogP contribution in [0.3, 0.4) is 0 Å². The molecule has 9 heteroatoms. The second kappa shape index (κ2) is 5.22. The number of benzene rings is 1. The summed E-state index contributed by atoms with van der Waals surface area (Å²) in [6.07, 6.45) is -4.91. The minimum Gasteiger partial charge on any atom is -0.368 e. The Bertz CT molecular complexity index is 824. The van der Waals surface area contributed by atoms with Crippen LogP contribution in [0.4, 0.5) is 22.0 Å². The Kier molecular flexibility index (Phi) is 3.80. The van der Waals surface area contributed by atoms with Gasteiger partial charge in [-0.05, 0) is 18.2 Å². The molecule has 0 aliphatic carbocycles. The van der Waals surface area contributed by atoms with E-state index in [-0.39, 0.29) is 5.52 Å². The molecule has 0 bridgehead atoms. The fourth-order valence-corrected chi connectivity index (χ4v) is 2.42. The summed E-state index contributed by atoms with van der Waals surface area (Å²) in [5.74, 6) is -4.48. The molecule has 0 atom stereocenters. The van der Waals surface area contributed by atoms with E-state index in [2.05, 4.69) is 0 Å². The van der Waals surface area contributed by atoms with E-state index in [0.717, 1.165) is 16.7 Å². The zero-order valence-electron chi connectivity index (χ0n) is 11.7. The lowest BCUT2D eigenvalue weighted by molar-refractivity contribution is -0.136. The van der Waals surface area contributed by atoms with Crippen molar-refractivity contribution in [1.29, 1.82) is 5.26 Å². The van der Waals surface area contributed by atoms with Crippen molar-refractivity contribution in [2.75, 3.05) is 0 Å². The molecule has 0 unspecified atom stereocenters. The van der Waals surface area contributed by atoms with Crippen LogP contribution >= 0.6 is 0 Å². The van der Waals surface area contributed by atoms with Crippen LogP contribution in [0.1, 0.15) is 23.7 Å². The normalized spacial score (nSPS) is 12.4. The summed E-state index contributed by atoms with van der Waals surface area (Å²) in [6.45, 7) is -0.206. The number of amides is 1. The van der Waals surface area contributed by atoms with Gasteiger partial charge in [0.05, 0.1) is 22.9 Å². The van der Waals surface area contributed by atoms with E-state index in [1.807, 2.05) is 0 Å². The molecule has 0 saturated carbocycles. The van der Waals surface area contributed by atoms with Crippen LogP contribution in [0.5, 0.6) is 0 Å². The van der Waals surface area contributed by atoms with Gasteiger partial charge in [0.2, 0.25) is 5.91 Å². The molecule has 0 fully saturated rings. The number of nitrogens with two attached hydrogens (primary N) is 1. The van der Waals surface area contributed by atoms with E-state index in [9.17, 15) is 26.7 Å². The Morgan fingerprint density at radius 1 is 1.30 bits per heavy atom. The van der Waals surface area contributed by atoms with Crippen molar-refractivity contribution in [3.63, 3.8) is 0 Å². The first kappa shape index (κ1) is 16.7. The SMILES string of the molecule is CC(F)(F)c1cc2c(C(F)(F)F)c(C#N)ccc2n1CC(N)=O. The molecule has 1 amide bonds. The van der Waals surface area contributed by atoms with E-state index in [1.54, 1.807) is 0 Å². The van der Waals surface area contributed by atoms with Gasteiger partial charge in [-0.2, -0.15) is 18.4 Å². The molecular formula is C14H10F5N3O. The maximum atomic E-state index is 13.7. The first-order chi connectivity index (χ1) is 10.5. The summed E-state index contributed by atoms with van der Waals surface area (Å²) in [7, 11) is 0. The molecule has 2 rings (SSSR count). The van der Waals surface area contributed by atoms with E-state index in [4.69, 9.17) is 11.0 Å². The molecular weight excluding hydrogens is 321 g/mol. The lowest BCUT2D eigenvalue weighted by atomic mass is 10.0. The predicted octanol–water partition coefficient (Wildman–Crippen LogP) is 3.13. The quantitative estimate of drug-likeness (QED) is 0.878. The molecule has 0 saturated heterocycles. The Morgan fingerprint density at radius 3 is 2.35 bits per heavy atom. The summed E-state index contributed by atoms with van der Waals surface area (Å²) in [5, 5.41) is 8.27. The first-order valence-corrected chi connectivity index (χ1v) is 6.27. The minimum absolute atomic E-state index is 0.244. The largest absolute Gasteiger partial charge is 0.418 e. The first-order valence-electron chi connectivity index (χ1n) is 6.27. The lowest BCUT2D eigenvalue weighted by Crippen LogP contribution is -2.23. The molecule has 0 radical (unpaired) electrons. The van der Waals surface area contributed by atoms with Gasteiger partial charge in [0.15, 0.2) is 0 Å². The van der Waals surface area contributed by atoms with Crippen molar-refractivity contribution in [2.24, 2.45) is 5.73 Å². The molecule has 0 spiro atoms. The van der Waals surface area contributed by atoms with Gasteiger partial charge in [0, 0.05) is 17.8 Å². The summed E-state index contributed by atoms with van der Waals surface area (Å²) in [4.78, 5) is 11.1. The zero-order valence-corrected chi connectivity index (χ0v) is 11.7. The van der Waals surface area contributed by atoms with Crippen molar-refractivity contribution in [3.05, 3.63) is 35.0 Å². The molecule has 1 heterocycles. The Morgan fingerprint density at radius 2 is 1.91 bits per heavy atom. The molecule has 0 aliphatic heterocycles. The van der Waals surface area contributed by atoms with Crippen LogP contribution in [-0.2, 0) is 23.4 Å². The number of hydrogen-bond donors (Lipinski definition) is 1. The monoisotopic (exact) mass is 331 g/mol. The highest BCUT2D eigenvalue weighted by molar-refractivity contribution is 5.89. The second-order valence-electron chi connectivity index (χ2n) is 5.00. The third-order valence-electron chi connectivity index (χ3n) is 3.25. The van der Waals surface area contributed by atoms with Gasteiger partial charge >= 0.3 is 6.18 Å². The van der Waals surface area contributed by atoms with Gasteiger partial charge in [0.1, 0.15) is 6.54 Å². The van der Waals surface area contributed by atoms with Crippen molar-refractivity contribution >= 4 is 16.8 Å². The van der Waals surface area contributed by atoms with Crippen LogP contribution in [0.15, 0.2) is 18.2 Å². The maximum Gasteiger partial charge on any atom is 0.418 e. The van der Waals surface area contributed by atoms with E-state index in [0.29, 0.717) is 13.0 Å². The van der Waals surface area contributed by atoms with Gasteiger partial charge in [-0.25, -0.2) is 8.78 Å². The van der Waals surface area contributed by atoms with Gasteiger partial charge in [-0.1, -0.05) is 0 Å². The standard InChI is InChI=1S/C14H10F5N3O/c1-13(15,16)10-4-8-9(22(10)6-11(21)23)3-2-7(5-20)12(8)14(17,18)19/h2-4H,6H2,1H3,(H2,21,23). The lowest BCUT2D eigenvalue weighted by Gasteiger charge is -2.14. The van der Waals surface area contributed by atoms with E-state index < -0.39 is 46.8 Å². The van der Waals surface area contributed by atoms with Crippen LogP contribution in [0, 0.1) is 11.3 Å². The number of nitriles is 1. The second-order valence-corrected chi connectivity index (χ2v) is 5.00. The molecule has 1 aromatic carbocycles. The van der Waals surface area contributed by atoms with Crippen molar-refractivity contribution in [1.82, 2.24) is 4.57 Å². The topological polar surface area (TPSA) is 71.8 Å². The number of aromatic nitrogens is 1. The third-order valence-corrected chi connectivity index (χ3v) is 3.25.